The van der Waals surface area contributed by atoms with Crippen molar-refractivity contribution in [1.82, 2.24) is 5.32 Å². The normalized spacial score (nSPS) is 20.6. The average Bonchev–Trinajstić information content (AvgIpc) is 2.76. The van der Waals surface area contributed by atoms with E-state index in [2.05, 4.69) is 18.3 Å². The monoisotopic (exact) mass is 249 g/mol. The van der Waals surface area contributed by atoms with Crippen LogP contribution in [0.5, 0.6) is 5.75 Å². The molecule has 1 aliphatic rings. The molecule has 98 valence electrons. The van der Waals surface area contributed by atoms with E-state index in [4.69, 9.17) is 9.47 Å². The molecule has 1 aromatic rings. The van der Waals surface area contributed by atoms with Crippen LogP contribution < -0.4 is 10.1 Å². The maximum atomic E-state index is 11.4. The minimum Gasteiger partial charge on any atom is -0.478 e. The molecular formula is C14H19NO3. The van der Waals surface area contributed by atoms with Crippen molar-refractivity contribution in [2.75, 3.05) is 13.7 Å². The standard InChI is InChI=1S/C14H19NO3/c1-9-4-5-12(11(8-9)10(2)15-3)18-13-6-7-17-14(13)16/h4-5,8,10,13,15H,6-7H2,1-3H3. The van der Waals surface area contributed by atoms with E-state index in [9.17, 15) is 4.79 Å². The van der Waals surface area contributed by atoms with Gasteiger partial charge in [0.2, 0.25) is 0 Å². The number of benzene rings is 1. The summed E-state index contributed by atoms with van der Waals surface area (Å²) in [7, 11) is 1.90. The van der Waals surface area contributed by atoms with Crippen LogP contribution in [-0.2, 0) is 9.53 Å². The van der Waals surface area contributed by atoms with E-state index in [0.29, 0.717) is 13.0 Å². The highest BCUT2D eigenvalue weighted by atomic mass is 16.6. The van der Waals surface area contributed by atoms with E-state index in [-0.39, 0.29) is 12.0 Å². The predicted octanol–water partition coefficient (Wildman–Crippen LogP) is 1.97. The van der Waals surface area contributed by atoms with Crippen LogP contribution in [0.15, 0.2) is 18.2 Å². The van der Waals surface area contributed by atoms with Crippen molar-refractivity contribution >= 4 is 5.97 Å². The zero-order chi connectivity index (χ0) is 13.1. The van der Waals surface area contributed by atoms with Gasteiger partial charge in [-0.2, -0.15) is 0 Å². The zero-order valence-corrected chi connectivity index (χ0v) is 11.0. The summed E-state index contributed by atoms with van der Waals surface area (Å²) in [5.74, 6) is 0.491. The largest absolute Gasteiger partial charge is 0.478 e. The fraction of sp³-hybridized carbons (Fsp3) is 0.500. The molecule has 2 atom stereocenters. The molecular weight excluding hydrogens is 230 g/mol. The highest BCUT2D eigenvalue weighted by Gasteiger charge is 2.29. The number of nitrogens with one attached hydrogen (secondary N) is 1. The lowest BCUT2D eigenvalue weighted by molar-refractivity contribution is -0.143. The third-order valence-corrected chi connectivity index (χ3v) is 3.22. The quantitative estimate of drug-likeness (QED) is 0.829. The van der Waals surface area contributed by atoms with Crippen LogP contribution in [0.4, 0.5) is 0 Å². The maximum Gasteiger partial charge on any atom is 0.347 e. The third kappa shape index (κ3) is 2.64. The first-order valence-corrected chi connectivity index (χ1v) is 6.23. The minimum atomic E-state index is -0.462. The SMILES string of the molecule is CNC(C)c1cc(C)ccc1OC1CCOC1=O. The molecule has 0 amide bonds. The lowest BCUT2D eigenvalue weighted by Crippen LogP contribution is -2.23. The van der Waals surface area contributed by atoms with Gasteiger partial charge in [-0.15, -0.1) is 0 Å². The number of hydrogen-bond donors (Lipinski definition) is 1. The molecule has 0 aromatic heterocycles. The number of ether oxygens (including phenoxy) is 2. The Labute approximate surface area is 107 Å². The van der Waals surface area contributed by atoms with Crippen molar-refractivity contribution in [2.45, 2.75) is 32.4 Å². The van der Waals surface area contributed by atoms with Gasteiger partial charge >= 0.3 is 5.97 Å². The summed E-state index contributed by atoms with van der Waals surface area (Å²) in [6.07, 6.45) is 0.163. The lowest BCUT2D eigenvalue weighted by Gasteiger charge is -2.19. The molecule has 0 radical (unpaired) electrons. The molecule has 2 rings (SSSR count). The van der Waals surface area contributed by atoms with Gasteiger partial charge in [-0.05, 0) is 27.0 Å². The van der Waals surface area contributed by atoms with Crippen molar-refractivity contribution < 1.29 is 14.3 Å². The van der Waals surface area contributed by atoms with Gasteiger partial charge in [0.25, 0.3) is 0 Å². The second-order valence-electron chi connectivity index (χ2n) is 4.61. The van der Waals surface area contributed by atoms with Crippen molar-refractivity contribution in [3.63, 3.8) is 0 Å². The van der Waals surface area contributed by atoms with Gasteiger partial charge < -0.3 is 14.8 Å². The molecule has 4 nitrogen and oxygen atoms in total. The first kappa shape index (κ1) is 12.9. The molecule has 1 aliphatic heterocycles. The number of aryl methyl sites for hydroxylation is 1. The number of cyclic esters (lactones) is 1. The van der Waals surface area contributed by atoms with Crippen molar-refractivity contribution in [1.29, 1.82) is 0 Å². The second-order valence-corrected chi connectivity index (χ2v) is 4.61. The molecule has 0 spiro atoms. The van der Waals surface area contributed by atoms with Crippen LogP contribution in [0.25, 0.3) is 0 Å². The van der Waals surface area contributed by atoms with Gasteiger partial charge in [-0.1, -0.05) is 17.7 Å². The van der Waals surface area contributed by atoms with E-state index < -0.39 is 6.10 Å². The number of carbonyl (C=O) groups is 1. The summed E-state index contributed by atoms with van der Waals surface area (Å²) in [5, 5.41) is 3.19. The molecule has 1 heterocycles. The molecule has 1 aromatic carbocycles. The molecule has 2 unspecified atom stereocenters. The van der Waals surface area contributed by atoms with E-state index in [1.54, 1.807) is 0 Å². The van der Waals surface area contributed by atoms with Gasteiger partial charge in [0.05, 0.1) is 6.61 Å². The Balaban J connectivity index is 2.23. The van der Waals surface area contributed by atoms with Crippen LogP contribution in [0, 0.1) is 6.92 Å². The van der Waals surface area contributed by atoms with E-state index in [1.165, 1.54) is 5.56 Å². The maximum absolute atomic E-state index is 11.4. The molecule has 1 fully saturated rings. The third-order valence-electron chi connectivity index (χ3n) is 3.22. The van der Waals surface area contributed by atoms with E-state index >= 15 is 0 Å². The molecule has 4 heteroatoms. The highest BCUT2D eigenvalue weighted by Crippen LogP contribution is 2.28. The first-order chi connectivity index (χ1) is 8.61. The average molecular weight is 249 g/mol. The Morgan fingerprint density at radius 3 is 2.89 bits per heavy atom. The molecule has 1 saturated heterocycles. The second kappa shape index (κ2) is 5.40. The molecule has 0 saturated carbocycles. The van der Waals surface area contributed by atoms with Crippen molar-refractivity contribution in [3.8, 4) is 5.75 Å². The predicted molar refractivity (Wildman–Crippen MR) is 68.6 cm³/mol. The van der Waals surface area contributed by atoms with Gasteiger partial charge in [-0.25, -0.2) is 4.79 Å². The number of hydrogen-bond acceptors (Lipinski definition) is 4. The summed E-state index contributed by atoms with van der Waals surface area (Å²) < 4.78 is 10.7. The topological polar surface area (TPSA) is 47.6 Å². The van der Waals surface area contributed by atoms with Gasteiger partial charge in [0, 0.05) is 18.0 Å². The van der Waals surface area contributed by atoms with E-state index in [1.807, 2.05) is 26.1 Å². The first-order valence-electron chi connectivity index (χ1n) is 6.23. The summed E-state index contributed by atoms with van der Waals surface area (Å²) >= 11 is 0. The number of rotatable bonds is 4. The summed E-state index contributed by atoms with van der Waals surface area (Å²) in [5.41, 5.74) is 2.24. The Bertz CT molecular complexity index is 445. The van der Waals surface area contributed by atoms with Crippen LogP contribution in [0.3, 0.4) is 0 Å². The summed E-state index contributed by atoms with van der Waals surface area (Å²) in [6, 6.07) is 6.17. The molecule has 0 aliphatic carbocycles. The number of carbonyl (C=O) groups excluding carboxylic acids is 1. The van der Waals surface area contributed by atoms with Gasteiger partial charge in [0.15, 0.2) is 6.10 Å². The van der Waals surface area contributed by atoms with Crippen LogP contribution in [0.2, 0.25) is 0 Å². The van der Waals surface area contributed by atoms with Gasteiger partial charge in [-0.3, -0.25) is 0 Å². The lowest BCUT2D eigenvalue weighted by atomic mass is 10.0. The van der Waals surface area contributed by atoms with Crippen LogP contribution >= 0.6 is 0 Å². The smallest absolute Gasteiger partial charge is 0.347 e. The Morgan fingerprint density at radius 2 is 2.28 bits per heavy atom. The van der Waals surface area contributed by atoms with Gasteiger partial charge in [0.1, 0.15) is 5.75 Å². The summed E-state index contributed by atoms with van der Waals surface area (Å²) in [6.45, 7) is 4.56. The fourth-order valence-corrected chi connectivity index (χ4v) is 2.01. The summed E-state index contributed by atoms with van der Waals surface area (Å²) in [4.78, 5) is 11.4. The number of esters is 1. The van der Waals surface area contributed by atoms with Crippen molar-refractivity contribution in [2.24, 2.45) is 0 Å². The molecule has 1 N–H and O–H groups in total. The molecule has 0 bridgehead atoms. The highest BCUT2D eigenvalue weighted by molar-refractivity contribution is 5.76. The van der Waals surface area contributed by atoms with Crippen LogP contribution in [-0.4, -0.2) is 25.7 Å². The van der Waals surface area contributed by atoms with E-state index in [0.717, 1.165) is 11.3 Å². The van der Waals surface area contributed by atoms with Crippen molar-refractivity contribution in [3.05, 3.63) is 29.3 Å². The minimum absolute atomic E-state index is 0.178. The van der Waals surface area contributed by atoms with Crippen LogP contribution in [0.1, 0.15) is 30.5 Å². The Morgan fingerprint density at radius 1 is 1.50 bits per heavy atom. The Hall–Kier alpha value is -1.55. The fourth-order valence-electron chi connectivity index (χ4n) is 2.01. The Kier molecular flexibility index (Phi) is 3.87. The molecule has 18 heavy (non-hydrogen) atoms. The zero-order valence-electron chi connectivity index (χ0n) is 11.0.